The van der Waals surface area contributed by atoms with Gasteiger partial charge in [-0.25, -0.2) is 4.98 Å². The van der Waals surface area contributed by atoms with Crippen LogP contribution in [-0.4, -0.2) is 11.0 Å². The normalized spacial score (nSPS) is 10.9. The van der Waals surface area contributed by atoms with Crippen molar-refractivity contribution < 1.29 is 0 Å². The summed E-state index contributed by atoms with van der Waals surface area (Å²) in [6.07, 6.45) is 3.39. The fourth-order valence-corrected chi connectivity index (χ4v) is 2.49. The van der Waals surface area contributed by atoms with E-state index in [0.29, 0.717) is 6.04 Å². The van der Waals surface area contributed by atoms with Crippen LogP contribution in [-0.2, 0) is 12.8 Å². The summed E-state index contributed by atoms with van der Waals surface area (Å²) in [6.45, 7) is 8.69. The number of anilines is 1. The predicted molar refractivity (Wildman–Crippen MR) is 64.2 cm³/mol. The molecule has 1 aromatic rings. The fourth-order valence-electron chi connectivity index (χ4n) is 1.40. The van der Waals surface area contributed by atoms with E-state index in [1.807, 2.05) is 0 Å². The summed E-state index contributed by atoms with van der Waals surface area (Å²) in [7, 11) is 0. The maximum Gasteiger partial charge on any atom is 0.183 e. The Morgan fingerprint density at radius 3 is 2.57 bits per heavy atom. The lowest BCUT2D eigenvalue weighted by molar-refractivity contribution is 0.862. The predicted octanol–water partition coefficient (Wildman–Crippen LogP) is 3.48. The highest BCUT2D eigenvalue weighted by molar-refractivity contribution is 7.15. The van der Waals surface area contributed by atoms with E-state index in [0.717, 1.165) is 18.0 Å². The number of thiazole rings is 1. The molecule has 0 aliphatic heterocycles. The highest BCUT2D eigenvalue weighted by Crippen LogP contribution is 2.24. The van der Waals surface area contributed by atoms with Crippen molar-refractivity contribution in [3.05, 3.63) is 10.6 Å². The van der Waals surface area contributed by atoms with Crippen molar-refractivity contribution in [2.75, 3.05) is 5.32 Å². The summed E-state index contributed by atoms with van der Waals surface area (Å²) >= 11 is 1.81. The van der Waals surface area contributed by atoms with Gasteiger partial charge in [-0.1, -0.05) is 20.3 Å². The van der Waals surface area contributed by atoms with Crippen molar-refractivity contribution in [2.45, 2.75) is 53.0 Å². The van der Waals surface area contributed by atoms with Crippen LogP contribution in [0.4, 0.5) is 5.13 Å². The molecule has 0 aromatic carbocycles. The van der Waals surface area contributed by atoms with E-state index in [1.54, 1.807) is 11.3 Å². The summed E-state index contributed by atoms with van der Waals surface area (Å²) in [4.78, 5) is 6.06. The largest absolute Gasteiger partial charge is 0.359 e. The van der Waals surface area contributed by atoms with Gasteiger partial charge >= 0.3 is 0 Å². The molecule has 0 saturated carbocycles. The highest BCUT2D eigenvalue weighted by Gasteiger charge is 2.08. The summed E-state index contributed by atoms with van der Waals surface area (Å²) < 4.78 is 0. The van der Waals surface area contributed by atoms with Crippen LogP contribution in [0.25, 0.3) is 0 Å². The van der Waals surface area contributed by atoms with Crippen LogP contribution in [0.3, 0.4) is 0 Å². The Hall–Kier alpha value is -0.570. The van der Waals surface area contributed by atoms with Crippen LogP contribution in [0, 0.1) is 0 Å². The van der Waals surface area contributed by atoms with Crippen molar-refractivity contribution in [1.29, 1.82) is 0 Å². The molecule has 14 heavy (non-hydrogen) atoms. The second-order valence-electron chi connectivity index (χ2n) is 3.79. The van der Waals surface area contributed by atoms with Crippen molar-refractivity contribution in [3.63, 3.8) is 0 Å². The molecule has 0 radical (unpaired) electrons. The van der Waals surface area contributed by atoms with Crippen LogP contribution in [0.1, 0.15) is 44.7 Å². The molecular weight excluding hydrogens is 192 g/mol. The van der Waals surface area contributed by atoms with E-state index in [4.69, 9.17) is 0 Å². The minimum absolute atomic E-state index is 0.473. The van der Waals surface area contributed by atoms with E-state index in [1.165, 1.54) is 17.0 Å². The molecule has 0 fully saturated rings. The van der Waals surface area contributed by atoms with Gasteiger partial charge in [-0.2, -0.15) is 0 Å². The van der Waals surface area contributed by atoms with Gasteiger partial charge in [0, 0.05) is 10.9 Å². The van der Waals surface area contributed by atoms with Crippen molar-refractivity contribution >= 4 is 16.5 Å². The molecule has 1 aromatic heterocycles. The summed E-state index contributed by atoms with van der Waals surface area (Å²) in [5, 5.41) is 4.45. The van der Waals surface area contributed by atoms with E-state index in [2.05, 4.69) is 38.0 Å². The van der Waals surface area contributed by atoms with Crippen LogP contribution >= 0.6 is 11.3 Å². The molecular formula is C11H20N2S. The first-order chi connectivity index (χ1) is 6.67. The molecule has 0 bridgehead atoms. The Kier molecular flexibility index (Phi) is 4.39. The van der Waals surface area contributed by atoms with Crippen LogP contribution in [0.15, 0.2) is 0 Å². The van der Waals surface area contributed by atoms with Gasteiger partial charge in [-0.3, -0.25) is 0 Å². The number of hydrogen-bond donors (Lipinski definition) is 1. The van der Waals surface area contributed by atoms with Gasteiger partial charge in [0.25, 0.3) is 0 Å². The molecule has 1 rings (SSSR count). The number of nitrogens with one attached hydrogen (secondary N) is 1. The third-order valence-corrected chi connectivity index (χ3v) is 3.17. The SMILES string of the molecule is CCCc1nc(NC(C)C)sc1CC. The van der Waals surface area contributed by atoms with Crippen molar-refractivity contribution in [3.8, 4) is 0 Å². The first-order valence-electron chi connectivity index (χ1n) is 5.42. The van der Waals surface area contributed by atoms with Gasteiger partial charge in [-0.05, 0) is 26.7 Å². The summed E-state index contributed by atoms with van der Waals surface area (Å²) in [5.41, 5.74) is 1.29. The number of aromatic nitrogens is 1. The zero-order valence-electron chi connectivity index (χ0n) is 9.55. The summed E-state index contributed by atoms with van der Waals surface area (Å²) in [6, 6.07) is 0.473. The monoisotopic (exact) mass is 212 g/mol. The Bertz CT molecular complexity index is 279. The number of nitrogens with zero attached hydrogens (tertiary/aromatic N) is 1. The minimum Gasteiger partial charge on any atom is -0.359 e. The standard InChI is InChI=1S/C11H20N2S/c1-5-7-9-10(6-2)14-11(13-9)12-8(3)4/h8H,5-7H2,1-4H3,(H,12,13). The van der Waals surface area contributed by atoms with Gasteiger partial charge in [0.1, 0.15) is 0 Å². The zero-order valence-corrected chi connectivity index (χ0v) is 10.4. The Morgan fingerprint density at radius 2 is 2.07 bits per heavy atom. The molecule has 3 heteroatoms. The Morgan fingerprint density at radius 1 is 1.36 bits per heavy atom. The smallest absolute Gasteiger partial charge is 0.183 e. The molecule has 0 saturated heterocycles. The average molecular weight is 212 g/mol. The van der Waals surface area contributed by atoms with Gasteiger partial charge in [0.2, 0.25) is 0 Å². The number of aryl methyl sites for hydroxylation is 2. The highest BCUT2D eigenvalue weighted by atomic mass is 32.1. The molecule has 0 atom stereocenters. The molecule has 1 heterocycles. The van der Waals surface area contributed by atoms with Crippen LogP contribution in [0.5, 0.6) is 0 Å². The third-order valence-electron chi connectivity index (χ3n) is 2.00. The Labute approximate surface area is 90.8 Å². The molecule has 2 nitrogen and oxygen atoms in total. The van der Waals surface area contributed by atoms with Crippen molar-refractivity contribution in [2.24, 2.45) is 0 Å². The molecule has 0 spiro atoms. The van der Waals surface area contributed by atoms with Crippen LogP contribution < -0.4 is 5.32 Å². The molecule has 80 valence electrons. The van der Waals surface area contributed by atoms with E-state index in [-0.39, 0.29) is 0 Å². The second kappa shape index (κ2) is 5.35. The maximum atomic E-state index is 4.62. The Balaban J connectivity index is 2.77. The third kappa shape index (κ3) is 2.98. The lowest BCUT2D eigenvalue weighted by Gasteiger charge is -2.04. The van der Waals surface area contributed by atoms with E-state index >= 15 is 0 Å². The van der Waals surface area contributed by atoms with Gasteiger partial charge in [0.15, 0.2) is 5.13 Å². The van der Waals surface area contributed by atoms with Gasteiger partial charge < -0.3 is 5.32 Å². The minimum atomic E-state index is 0.473. The van der Waals surface area contributed by atoms with Crippen LogP contribution in [0.2, 0.25) is 0 Å². The molecule has 0 aliphatic rings. The zero-order chi connectivity index (χ0) is 10.6. The maximum absolute atomic E-state index is 4.62. The number of hydrogen-bond acceptors (Lipinski definition) is 3. The molecule has 1 N–H and O–H groups in total. The fraction of sp³-hybridized carbons (Fsp3) is 0.727. The van der Waals surface area contributed by atoms with Crippen molar-refractivity contribution in [1.82, 2.24) is 4.98 Å². The van der Waals surface area contributed by atoms with E-state index in [9.17, 15) is 0 Å². The lowest BCUT2D eigenvalue weighted by atomic mass is 10.2. The summed E-state index contributed by atoms with van der Waals surface area (Å²) in [5.74, 6) is 0. The first kappa shape index (κ1) is 11.5. The van der Waals surface area contributed by atoms with Gasteiger partial charge in [-0.15, -0.1) is 11.3 Å². The first-order valence-corrected chi connectivity index (χ1v) is 6.24. The van der Waals surface area contributed by atoms with E-state index < -0.39 is 0 Å². The quantitative estimate of drug-likeness (QED) is 0.808. The molecule has 0 aliphatic carbocycles. The molecule has 0 amide bonds. The second-order valence-corrected chi connectivity index (χ2v) is 4.88. The van der Waals surface area contributed by atoms with Gasteiger partial charge in [0.05, 0.1) is 5.69 Å². The molecule has 0 unspecified atom stereocenters. The topological polar surface area (TPSA) is 24.9 Å². The average Bonchev–Trinajstić information content (AvgIpc) is 2.47. The number of rotatable bonds is 5. The lowest BCUT2D eigenvalue weighted by Crippen LogP contribution is -2.09.